The number of rotatable bonds is 3. The molecule has 5 nitrogen and oxygen atoms in total. The zero-order valence-electron chi connectivity index (χ0n) is 16.0. The Labute approximate surface area is 172 Å². The Morgan fingerprint density at radius 3 is 2.14 bits per heavy atom. The van der Waals surface area contributed by atoms with Gasteiger partial charge in [0.05, 0.1) is 10.3 Å². The molecule has 2 unspecified atom stereocenters. The van der Waals surface area contributed by atoms with Crippen LogP contribution < -0.4 is 0 Å². The molecule has 0 N–H and O–H groups in total. The van der Waals surface area contributed by atoms with Gasteiger partial charge in [-0.1, -0.05) is 18.2 Å². The van der Waals surface area contributed by atoms with Gasteiger partial charge in [-0.05, 0) is 62.5 Å². The van der Waals surface area contributed by atoms with Crippen LogP contribution in [0.1, 0.15) is 38.5 Å². The molecule has 1 saturated heterocycles. The average molecular weight is 423 g/mol. The van der Waals surface area contributed by atoms with E-state index >= 15 is 0 Å². The van der Waals surface area contributed by atoms with Crippen LogP contribution in [-0.4, -0.2) is 54.6 Å². The number of carbonyl (C=O) groups excluding carboxylic acids is 1. The zero-order valence-corrected chi connectivity index (χ0v) is 17.6. The lowest BCUT2D eigenvalue weighted by molar-refractivity contribution is -0.157. The van der Waals surface area contributed by atoms with Crippen LogP contribution >= 0.6 is 11.6 Å². The average Bonchev–Trinajstić information content (AvgIpc) is 2.66. The molecule has 4 bridgehead atoms. The summed E-state index contributed by atoms with van der Waals surface area (Å²) in [6.07, 6.45) is 6.09. The highest BCUT2D eigenvalue weighted by molar-refractivity contribution is 7.89. The van der Waals surface area contributed by atoms with Crippen LogP contribution in [0.4, 0.5) is 0 Å². The van der Waals surface area contributed by atoms with E-state index < -0.39 is 10.0 Å². The van der Waals surface area contributed by atoms with Gasteiger partial charge in [0, 0.05) is 31.1 Å². The monoisotopic (exact) mass is 422 g/mol. The first kappa shape index (κ1) is 18.9. The van der Waals surface area contributed by atoms with Crippen LogP contribution in [0.3, 0.4) is 0 Å². The molecule has 1 aliphatic heterocycles. The van der Waals surface area contributed by atoms with Crippen molar-refractivity contribution in [3.05, 3.63) is 30.3 Å². The Balaban J connectivity index is 1.29. The largest absolute Gasteiger partial charge is 0.340 e. The lowest BCUT2D eigenvalue weighted by atomic mass is 9.49. The lowest BCUT2D eigenvalue weighted by Gasteiger charge is -2.60. The molecule has 28 heavy (non-hydrogen) atoms. The van der Waals surface area contributed by atoms with Gasteiger partial charge in [-0.25, -0.2) is 8.42 Å². The van der Waals surface area contributed by atoms with E-state index in [0.29, 0.717) is 42.9 Å². The molecule has 1 amide bonds. The van der Waals surface area contributed by atoms with Crippen molar-refractivity contribution in [3.8, 4) is 0 Å². The number of amides is 1. The number of alkyl halides is 1. The maximum atomic E-state index is 13.5. The summed E-state index contributed by atoms with van der Waals surface area (Å²) in [7, 11) is -3.49. The second-order valence-corrected chi connectivity index (χ2v) is 12.1. The van der Waals surface area contributed by atoms with Crippen molar-refractivity contribution in [1.82, 2.24) is 9.21 Å². The highest BCUT2D eigenvalue weighted by Crippen LogP contribution is 2.64. The van der Waals surface area contributed by atoms with E-state index in [-0.39, 0.29) is 16.2 Å². The number of piperazine rings is 1. The zero-order chi connectivity index (χ0) is 19.6. The molecule has 1 heterocycles. The predicted molar refractivity (Wildman–Crippen MR) is 107 cm³/mol. The minimum atomic E-state index is -3.49. The van der Waals surface area contributed by atoms with Gasteiger partial charge in [0.1, 0.15) is 0 Å². The molecule has 6 rings (SSSR count). The van der Waals surface area contributed by atoms with Crippen LogP contribution in [0, 0.1) is 17.3 Å². The number of sulfonamides is 1. The Kier molecular flexibility index (Phi) is 4.35. The van der Waals surface area contributed by atoms with E-state index in [9.17, 15) is 13.2 Å². The van der Waals surface area contributed by atoms with Crippen LogP contribution in [0.25, 0.3) is 0 Å². The van der Waals surface area contributed by atoms with Crippen molar-refractivity contribution < 1.29 is 13.2 Å². The summed E-state index contributed by atoms with van der Waals surface area (Å²) in [6.45, 7) is 1.66. The third-order valence-corrected chi connectivity index (χ3v) is 9.71. The standard InChI is InChI=1S/C21H27ClN2O3S/c22-21-13-16-10-17(14-21)12-20(11-16,15-21)19(25)23-6-8-24(9-7-23)28(26,27)18-4-2-1-3-5-18/h1-5,16-17H,6-15H2. The molecule has 0 spiro atoms. The fourth-order valence-electron chi connectivity index (χ4n) is 6.61. The molecular weight excluding hydrogens is 396 g/mol. The van der Waals surface area contributed by atoms with Crippen molar-refractivity contribution >= 4 is 27.5 Å². The molecule has 5 fully saturated rings. The Morgan fingerprint density at radius 1 is 0.964 bits per heavy atom. The molecule has 0 aromatic heterocycles. The highest BCUT2D eigenvalue weighted by atomic mass is 35.5. The molecule has 2 atom stereocenters. The van der Waals surface area contributed by atoms with E-state index in [2.05, 4.69) is 0 Å². The summed E-state index contributed by atoms with van der Waals surface area (Å²) < 4.78 is 27.2. The highest BCUT2D eigenvalue weighted by Gasteiger charge is 2.60. The summed E-state index contributed by atoms with van der Waals surface area (Å²) in [5, 5.41) is 0. The second kappa shape index (κ2) is 6.44. The van der Waals surface area contributed by atoms with Crippen LogP contribution in [0.2, 0.25) is 0 Å². The number of hydrogen-bond acceptors (Lipinski definition) is 3. The number of halogens is 1. The van der Waals surface area contributed by atoms with E-state index in [4.69, 9.17) is 11.6 Å². The van der Waals surface area contributed by atoms with Gasteiger partial charge in [-0.15, -0.1) is 11.6 Å². The molecule has 1 aromatic carbocycles. The van der Waals surface area contributed by atoms with Crippen LogP contribution in [0.15, 0.2) is 35.2 Å². The van der Waals surface area contributed by atoms with Crippen molar-refractivity contribution in [2.75, 3.05) is 26.2 Å². The lowest BCUT2D eigenvalue weighted by Crippen LogP contribution is -2.61. The predicted octanol–water partition coefficient (Wildman–Crippen LogP) is 3.10. The minimum Gasteiger partial charge on any atom is -0.340 e. The summed E-state index contributed by atoms with van der Waals surface area (Å²) in [6, 6.07) is 8.54. The number of hydrogen-bond donors (Lipinski definition) is 0. The Morgan fingerprint density at radius 2 is 1.57 bits per heavy atom. The van der Waals surface area contributed by atoms with Gasteiger partial charge < -0.3 is 4.90 Å². The second-order valence-electron chi connectivity index (χ2n) is 9.40. The number of carbonyl (C=O) groups is 1. The topological polar surface area (TPSA) is 57.7 Å². The normalized spacial score (nSPS) is 38.0. The van der Waals surface area contributed by atoms with Crippen molar-refractivity contribution in [2.45, 2.75) is 48.3 Å². The van der Waals surface area contributed by atoms with Crippen molar-refractivity contribution in [2.24, 2.45) is 17.3 Å². The van der Waals surface area contributed by atoms with Gasteiger partial charge in [-0.2, -0.15) is 4.31 Å². The SMILES string of the molecule is O=C(N1CCN(S(=O)(=O)c2ccccc2)CC1)C12CC3CC(CC(Cl)(C3)C1)C2. The summed E-state index contributed by atoms with van der Waals surface area (Å²) in [5.74, 6) is 1.40. The first-order valence-corrected chi connectivity index (χ1v) is 12.2. The van der Waals surface area contributed by atoms with Gasteiger partial charge >= 0.3 is 0 Å². The fourth-order valence-corrected chi connectivity index (χ4v) is 8.74. The van der Waals surface area contributed by atoms with Crippen LogP contribution in [0.5, 0.6) is 0 Å². The van der Waals surface area contributed by atoms with Gasteiger partial charge in [0.15, 0.2) is 0 Å². The third-order valence-electron chi connectivity index (χ3n) is 7.35. The van der Waals surface area contributed by atoms with Crippen molar-refractivity contribution in [1.29, 1.82) is 0 Å². The smallest absolute Gasteiger partial charge is 0.243 e. The van der Waals surface area contributed by atoms with Gasteiger partial charge in [-0.3, -0.25) is 4.79 Å². The number of benzene rings is 1. The summed E-state index contributed by atoms with van der Waals surface area (Å²) in [4.78, 5) is 15.6. The van der Waals surface area contributed by atoms with E-state index in [1.165, 1.54) is 10.7 Å². The Bertz CT molecular complexity index is 866. The van der Waals surface area contributed by atoms with E-state index in [1.54, 1.807) is 24.3 Å². The molecule has 1 aromatic rings. The van der Waals surface area contributed by atoms with E-state index in [0.717, 1.165) is 32.1 Å². The molecule has 4 saturated carbocycles. The van der Waals surface area contributed by atoms with E-state index in [1.807, 2.05) is 11.0 Å². The van der Waals surface area contributed by atoms with Gasteiger partial charge in [0.2, 0.25) is 15.9 Å². The summed E-state index contributed by atoms with van der Waals surface area (Å²) >= 11 is 6.90. The summed E-state index contributed by atoms with van der Waals surface area (Å²) in [5.41, 5.74) is -0.299. The quantitative estimate of drug-likeness (QED) is 0.703. The third kappa shape index (κ3) is 2.99. The minimum absolute atomic E-state index is 0.182. The first-order chi connectivity index (χ1) is 13.3. The van der Waals surface area contributed by atoms with Crippen LogP contribution in [-0.2, 0) is 14.8 Å². The first-order valence-electron chi connectivity index (χ1n) is 10.3. The maximum absolute atomic E-state index is 13.5. The molecular formula is C21H27ClN2O3S. The van der Waals surface area contributed by atoms with Crippen molar-refractivity contribution in [3.63, 3.8) is 0 Å². The molecule has 4 aliphatic carbocycles. The molecule has 5 aliphatic rings. The molecule has 152 valence electrons. The molecule has 7 heteroatoms. The number of nitrogens with zero attached hydrogens (tertiary/aromatic N) is 2. The fraction of sp³-hybridized carbons (Fsp3) is 0.667. The molecule has 0 radical (unpaired) electrons. The maximum Gasteiger partial charge on any atom is 0.243 e. The Hall–Kier alpha value is -1.11. The van der Waals surface area contributed by atoms with Gasteiger partial charge in [0.25, 0.3) is 0 Å².